The van der Waals surface area contributed by atoms with E-state index in [0.717, 1.165) is 16.7 Å². The van der Waals surface area contributed by atoms with Gasteiger partial charge >= 0.3 is 0 Å². The largest absolute Gasteiger partial charge is 0.362 e. The minimum atomic E-state index is 0.220. The highest BCUT2D eigenvalue weighted by atomic mass is 16.1. The highest BCUT2D eigenvalue weighted by molar-refractivity contribution is 5.91. The molecule has 0 amide bonds. The van der Waals surface area contributed by atoms with Crippen molar-refractivity contribution in [1.82, 2.24) is 9.97 Å². The van der Waals surface area contributed by atoms with Gasteiger partial charge in [0.25, 0.3) is 0 Å². The number of nitrogens with zero attached hydrogens (tertiary/aromatic N) is 3. The van der Waals surface area contributed by atoms with Crippen LogP contribution in [0.3, 0.4) is 0 Å². The Hall–Kier alpha value is -1.97. The Labute approximate surface area is 87.6 Å². The summed E-state index contributed by atoms with van der Waals surface area (Å²) in [6.07, 6.45) is 0.666. The molecule has 0 aliphatic carbocycles. The molecule has 2 aromatic rings. The number of hydrogen-bond acceptors (Lipinski definition) is 4. The molecular formula is C11H11N3O. The number of aldehydes is 1. The summed E-state index contributed by atoms with van der Waals surface area (Å²) in [5, 5.41) is 0.952. The monoisotopic (exact) mass is 201 g/mol. The first-order valence-electron chi connectivity index (χ1n) is 4.61. The molecule has 0 spiro atoms. The molecule has 76 valence electrons. The summed E-state index contributed by atoms with van der Waals surface area (Å²) in [6.45, 7) is 0. The second kappa shape index (κ2) is 3.65. The molecule has 0 fully saturated rings. The van der Waals surface area contributed by atoms with Gasteiger partial charge in [-0.3, -0.25) is 4.79 Å². The molecule has 1 aromatic carbocycles. The van der Waals surface area contributed by atoms with E-state index in [4.69, 9.17) is 0 Å². The number of aromatic nitrogens is 2. The van der Waals surface area contributed by atoms with Gasteiger partial charge in [0.2, 0.25) is 0 Å². The number of benzene rings is 1. The molecule has 4 heteroatoms. The van der Waals surface area contributed by atoms with Crippen molar-refractivity contribution in [2.24, 2.45) is 0 Å². The van der Waals surface area contributed by atoms with Crippen molar-refractivity contribution in [3.8, 4) is 0 Å². The molecular weight excluding hydrogens is 190 g/mol. The van der Waals surface area contributed by atoms with Crippen LogP contribution in [0.4, 0.5) is 5.82 Å². The normalized spacial score (nSPS) is 10.3. The molecule has 0 aliphatic heterocycles. The molecule has 0 saturated carbocycles. The van der Waals surface area contributed by atoms with Gasteiger partial charge in [-0.25, -0.2) is 9.97 Å². The molecule has 0 bridgehead atoms. The maximum atomic E-state index is 10.7. The number of rotatable bonds is 2. The van der Waals surface area contributed by atoms with Crippen molar-refractivity contribution in [1.29, 1.82) is 0 Å². The predicted molar refractivity (Wildman–Crippen MR) is 59.3 cm³/mol. The van der Waals surface area contributed by atoms with Gasteiger partial charge in [-0.1, -0.05) is 12.1 Å². The quantitative estimate of drug-likeness (QED) is 0.691. The van der Waals surface area contributed by atoms with E-state index in [-0.39, 0.29) is 5.82 Å². The van der Waals surface area contributed by atoms with E-state index in [0.29, 0.717) is 6.29 Å². The van der Waals surface area contributed by atoms with Crippen LogP contribution in [0.5, 0.6) is 0 Å². The van der Waals surface area contributed by atoms with Crippen LogP contribution in [0.2, 0.25) is 0 Å². The second-order valence-electron chi connectivity index (χ2n) is 3.43. The Kier molecular flexibility index (Phi) is 2.33. The molecule has 1 heterocycles. The van der Waals surface area contributed by atoms with Crippen molar-refractivity contribution < 1.29 is 4.79 Å². The summed E-state index contributed by atoms with van der Waals surface area (Å²) in [5.41, 5.74) is 0.790. The van der Waals surface area contributed by atoms with E-state index in [2.05, 4.69) is 9.97 Å². The average Bonchev–Trinajstić information content (AvgIpc) is 2.27. The summed E-state index contributed by atoms with van der Waals surface area (Å²) in [4.78, 5) is 20.9. The van der Waals surface area contributed by atoms with Crippen LogP contribution < -0.4 is 4.90 Å². The average molecular weight is 201 g/mol. The Balaban J connectivity index is 2.80. The molecule has 0 saturated heterocycles. The van der Waals surface area contributed by atoms with Crippen LogP contribution in [-0.4, -0.2) is 30.3 Å². The predicted octanol–water partition coefficient (Wildman–Crippen LogP) is 1.51. The van der Waals surface area contributed by atoms with E-state index in [1.165, 1.54) is 0 Å². The first kappa shape index (κ1) is 9.58. The Morgan fingerprint density at radius 1 is 1.20 bits per heavy atom. The zero-order chi connectivity index (χ0) is 10.8. The minimum Gasteiger partial charge on any atom is -0.362 e. The lowest BCUT2D eigenvalue weighted by molar-refractivity contribution is 0.111. The van der Waals surface area contributed by atoms with Gasteiger partial charge in [-0.15, -0.1) is 0 Å². The van der Waals surface area contributed by atoms with Crippen molar-refractivity contribution >= 4 is 23.0 Å². The number of carbonyl (C=O) groups excluding carboxylic acids is 1. The number of fused-ring (bicyclic) bond motifs is 1. The third kappa shape index (κ3) is 1.66. The topological polar surface area (TPSA) is 46.1 Å². The molecule has 0 aliphatic rings. The number of carbonyl (C=O) groups is 1. The highest BCUT2D eigenvalue weighted by Gasteiger charge is 2.07. The van der Waals surface area contributed by atoms with Gasteiger partial charge in [0, 0.05) is 19.5 Å². The molecule has 15 heavy (non-hydrogen) atoms. The van der Waals surface area contributed by atoms with E-state index in [1.54, 1.807) is 0 Å². The van der Waals surface area contributed by atoms with Gasteiger partial charge in [-0.05, 0) is 12.1 Å². The van der Waals surface area contributed by atoms with Crippen LogP contribution in [0.25, 0.3) is 10.9 Å². The lowest BCUT2D eigenvalue weighted by Crippen LogP contribution is -2.13. The summed E-state index contributed by atoms with van der Waals surface area (Å²) >= 11 is 0. The van der Waals surface area contributed by atoms with Crippen molar-refractivity contribution in [3.05, 3.63) is 30.1 Å². The second-order valence-corrected chi connectivity index (χ2v) is 3.43. The zero-order valence-corrected chi connectivity index (χ0v) is 8.64. The van der Waals surface area contributed by atoms with Crippen molar-refractivity contribution in [3.63, 3.8) is 0 Å². The van der Waals surface area contributed by atoms with Crippen LogP contribution in [0.1, 0.15) is 10.6 Å². The fourth-order valence-electron chi connectivity index (χ4n) is 1.47. The Bertz CT molecular complexity index is 508. The molecule has 4 nitrogen and oxygen atoms in total. The SMILES string of the molecule is CN(C)c1nc(C=O)nc2ccccc12. The first-order valence-corrected chi connectivity index (χ1v) is 4.61. The third-order valence-corrected chi connectivity index (χ3v) is 2.13. The third-order valence-electron chi connectivity index (χ3n) is 2.13. The lowest BCUT2D eigenvalue weighted by atomic mass is 10.2. The minimum absolute atomic E-state index is 0.220. The molecule has 0 atom stereocenters. The van der Waals surface area contributed by atoms with Crippen molar-refractivity contribution in [2.75, 3.05) is 19.0 Å². The van der Waals surface area contributed by atoms with Gasteiger partial charge in [0.05, 0.1) is 5.52 Å². The van der Waals surface area contributed by atoms with Crippen LogP contribution in [0.15, 0.2) is 24.3 Å². The van der Waals surface area contributed by atoms with Gasteiger partial charge < -0.3 is 4.90 Å². The Morgan fingerprint density at radius 3 is 2.60 bits per heavy atom. The summed E-state index contributed by atoms with van der Waals surface area (Å²) in [6, 6.07) is 7.64. The zero-order valence-electron chi connectivity index (χ0n) is 8.64. The van der Waals surface area contributed by atoms with E-state index in [1.807, 2.05) is 43.3 Å². The highest BCUT2D eigenvalue weighted by Crippen LogP contribution is 2.21. The van der Waals surface area contributed by atoms with Crippen molar-refractivity contribution in [2.45, 2.75) is 0 Å². The summed E-state index contributed by atoms with van der Waals surface area (Å²) in [7, 11) is 3.78. The number of hydrogen-bond donors (Lipinski definition) is 0. The molecule has 0 unspecified atom stereocenters. The summed E-state index contributed by atoms with van der Waals surface area (Å²) in [5.74, 6) is 0.986. The van der Waals surface area contributed by atoms with Gasteiger partial charge in [0.15, 0.2) is 12.1 Å². The molecule has 0 N–H and O–H groups in total. The van der Waals surface area contributed by atoms with Crippen LogP contribution in [-0.2, 0) is 0 Å². The lowest BCUT2D eigenvalue weighted by Gasteiger charge is -2.13. The molecule has 0 radical (unpaired) electrons. The molecule has 2 rings (SSSR count). The summed E-state index contributed by atoms with van der Waals surface area (Å²) < 4.78 is 0. The van der Waals surface area contributed by atoms with Gasteiger partial charge in [-0.2, -0.15) is 0 Å². The molecule has 1 aromatic heterocycles. The smallest absolute Gasteiger partial charge is 0.195 e. The van der Waals surface area contributed by atoms with Crippen LogP contribution >= 0.6 is 0 Å². The standard InChI is InChI=1S/C11H11N3O/c1-14(2)11-8-5-3-4-6-9(8)12-10(7-15)13-11/h3-7H,1-2H3. The fourth-order valence-corrected chi connectivity index (χ4v) is 1.47. The number of anilines is 1. The van der Waals surface area contributed by atoms with E-state index < -0.39 is 0 Å². The van der Waals surface area contributed by atoms with E-state index >= 15 is 0 Å². The maximum Gasteiger partial charge on any atom is 0.195 e. The fraction of sp³-hybridized carbons (Fsp3) is 0.182. The first-order chi connectivity index (χ1) is 7.22. The van der Waals surface area contributed by atoms with Gasteiger partial charge in [0.1, 0.15) is 5.82 Å². The van der Waals surface area contributed by atoms with E-state index in [9.17, 15) is 4.79 Å². The Morgan fingerprint density at radius 2 is 1.93 bits per heavy atom. The number of para-hydroxylation sites is 1. The maximum absolute atomic E-state index is 10.7. The van der Waals surface area contributed by atoms with Crippen LogP contribution in [0, 0.1) is 0 Å².